The number of hydrogen-bond acceptors (Lipinski definition) is 12. The number of aromatic nitrogens is 4. The molecule has 0 radical (unpaired) electrons. The summed E-state index contributed by atoms with van der Waals surface area (Å²) in [6, 6.07) is 10.5. The summed E-state index contributed by atoms with van der Waals surface area (Å²) in [4.78, 5) is 58.8. The summed E-state index contributed by atoms with van der Waals surface area (Å²) in [7, 11) is 0. The van der Waals surface area contributed by atoms with E-state index in [1.165, 1.54) is 83.6 Å². The van der Waals surface area contributed by atoms with E-state index in [1.54, 1.807) is 0 Å². The predicted molar refractivity (Wildman–Crippen MR) is 149 cm³/mol. The van der Waals surface area contributed by atoms with Crippen LogP contribution < -0.4 is 10.2 Å². The number of thiocarbonyl (C=S) groups is 2. The van der Waals surface area contributed by atoms with Crippen molar-refractivity contribution in [1.82, 2.24) is 19.9 Å². The van der Waals surface area contributed by atoms with Gasteiger partial charge in [-0.15, -0.1) is 0 Å². The molecule has 218 valence electrons. The average molecular weight is 704 g/mol. The number of carboxylic acids is 4. The monoisotopic (exact) mass is 704 g/mol. The number of pyridine rings is 4. The van der Waals surface area contributed by atoms with E-state index in [-0.39, 0.29) is 53.1 Å². The van der Waals surface area contributed by atoms with E-state index in [0.29, 0.717) is 11.4 Å². The number of nitrogens with zero attached hydrogens (tertiary/aromatic N) is 6. The fourth-order valence-corrected chi connectivity index (χ4v) is 2.80. The topological polar surface area (TPSA) is 251 Å². The first-order valence-electron chi connectivity index (χ1n) is 10.8. The molecule has 2 N–H and O–H groups in total. The van der Waals surface area contributed by atoms with Crippen LogP contribution in [-0.2, 0) is 19.5 Å². The van der Waals surface area contributed by atoms with Gasteiger partial charge in [-0.2, -0.15) is 10.3 Å². The molecular weight excluding hydrogens is 690 g/mol. The third-order valence-corrected chi connectivity index (χ3v) is 4.53. The standard InChI is InChI=1S/2C12H8N2O4.2CNS.Ru/c2*15-11(16)7-1-3-13-9(5-7)10-6-8(12(17)18)2-4-14-10;2*2-1-3;/h2*1-6H,(H,15,16)(H,17,18);;;/q;;2*-1;+2/p-2. The molecule has 4 heterocycles. The molecule has 0 saturated heterocycles. The Hall–Kier alpha value is -5.30. The minimum atomic E-state index is -1.34. The molecule has 4 aromatic heterocycles. The number of carboxylic acid groups (broad SMARTS) is 4. The molecule has 0 aromatic carbocycles. The zero-order valence-corrected chi connectivity index (χ0v) is 24.5. The van der Waals surface area contributed by atoms with Crippen molar-refractivity contribution < 1.29 is 59.1 Å². The first-order chi connectivity index (χ1) is 20.0. The molecule has 0 amide bonds. The minimum absolute atomic E-state index is 0. The van der Waals surface area contributed by atoms with Gasteiger partial charge in [-0.1, -0.05) is 24.4 Å². The van der Waals surface area contributed by atoms with Crippen LogP contribution in [0.1, 0.15) is 41.4 Å². The number of aromatic carboxylic acids is 4. The van der Waals surface area contributed by atoms with Crippen LogP contribution in [0.4, 0.5) is 0 Å². The summed E-state index contributed by atoms with van der Waals surface area (Å²) < 4.78 is 0. The largest absolute Gasteiger partial charge is 2.00 e. The van der Waals surface area contributed by atoms with Gasteiger partial charge in [0.2, 0.25) is 0 Å². The van der Waals surface area contributed by atoms with Crippen molar-refractivity contribution in [2.75, 3.05) is 0 Å². The normalized spacial score (nSPS) is 8.74. The Morgan fingerprint density at radius 2 is 0.791 bits per heavy atom. The molecule has 0 saturated carbocycles. The molecule has 0 unspecified atom stereocenters. The summed E-state index contributed by atoms with van der Waals surface area (Å²) in [5.74, 6) is -4.83. The van der Waals surface area contributed by atoms with Crippen LogP contribution in [0.15, 0.2) is 73.3 Å². The minimum Gasteiger partial charge on any atom is -0.753 e. The molecule has 14 nitrogen and oxygen atoms in total. The van der Waals surface area contributed by atoms with Gasteiger partial charge in [-0.05, 0) is 48.5 Å². The van der Waals surface area contributed by atoms with Crippen LogP contribution in [0, 0.1) is 0 Å². The molecule has 17 heteroatoms. The second-order valence-electron chi connectivity index (χ2n) is 7.09. The number of carbonyl (C=O) groups excluding carboxylic acids is 2. The Morgan fingerprint density at radius 3 is 1.00 bits per heavy atom. The second-order valence-corrected chi connectivity index (χ2v) is 7.45. The van der Waals surface area contributed by atoms with Gasteiger partial charge in [0.15, 0.2) is 0 Å². The molecule has 4 rings (SSSR count). The molecule has 0 spiro atoms. The molecule has 0 aliphatic heterocycles. The van der Waals surface area contributed by atoms with Crippen molar-refractivity contribution in [3.63, 3.8) is 0 Å². The summed E-state index contributed by atoms with van der Waals surface area (Å²) in [6.07, 6.45) is 5.25. The van der Waals surface area contributed by atoms with E-state index < -0.39 is 23.9 Å². The van der Waals surface area contributed by atoms with E-state index in [2.05, 4.69) is 44.4 Å². The molecule has 0 atom stereocenters. The zero-order chi connectivity index (χ0) is 31.7. The smallest absolute Gasteiger partial charge is 0.753 e. The van der Waals surface area contributed by atoms with Crippen LogP contribution in [0.5, 0.6) is 0 Å². The van der Waals surface area contributed by atoms with E-state index in [0.717, 1.165) is 0 Å². The Balaban J connectivity index is 0.000000680. The molecule has 4 aromatic rings. The van der Waals surface area contributed by atoms with Gasteiger partial charge in [-0.3, -0.25) is 19.9 Å². The fourth-order valence-electron chi connectivity index (χ4n) is 2.80. The first kappa shape index (κ1) is 37.7. The maximum atomic E-state index is 10.8. The Morgan fingerprint density at radius 1 is 0.581 bits per heavy atom. The van der Waals surface area contributed by atoms with Gasteiger partial charge in [-0.25, -0.2) is 9.59 Å². The van der Waals surface area contributed by atoms with Crippen molar-refractivity contribution in [3.8, 4) is 22.8 Å². The Labute approximate surface area is 265 Å². The Kier molecular flexibility index (Phi) is 17.3. The van der Waals surface area contributed by atoms with Gasteiger partial charge in [0.25, 0.3) is 0 Å². The summed E-state index contributed by atoms with van der Waals surface area (Å²) in [5, 5.41) is 56.0. The maximum Gasteiger partial charge on any atom is 2.00 e. The molecule has 0 bridgehead atoms. The van der Waals surface area contributed by atoms with Crippen LogP contribution in [0.2, 0.25) is 0 Å². The van der Waals surface area contributed by atoms with Crippen molar-refractivity contribution in [2.24, 2.45) is 0 Å². The molecule has 0 fully saturated rings. The SMILES string of the molecule is O=C(O)c1ccnc(-c2cc(C(=O)O)ccn2)c1.O=C([O-])c1ccnc(-c2cc(C(=O)[O-])ccn2)c1.[N-]=C=S.[N-]=C=S.[Ru+2]. The Bertz CT molecular complexity index is 1440. The number of hydrogen-bond donors (Lipinski definition) is 2. The van der Waals surface area contributed by atoms with E-state index in [9.17, 15) is 29.4 Å². The average Bonchev–Trinajstić information content (AvgIpc) is 2.98. The number of carbonyl (C=O) groups is 4. The number of isothiocyanates is 2. The van der Waals surface area contributed by atoms with Gasteiger partial charge < -0.3 is 40.8 Å². The number of rotatable bonds is 6. The van der Waals surface area contributed by atoms with Crippen LogP contribution >= 0.6 is 24.4 Å². The first-order valence-corrected chi connectivity index (χ1v) is 11.6. The predicted octanol–water partition coefficient (Wildman–Crippen LogP) is 1.73. The molecule has 43 heavy (non-hydrogen) atoms. The third kappa shape index (κ3) is 12.8. The van der Waals surface area contributed by atoms with Crippen LogP contribution in [0.25, 0.3) is 33.6 Å². The van der Waals surface area contributed by atoms with Crippen molar-refractivity contribution in [2.45, 2.75) is 0 Å². The second kappa shape index (κ2) is 19.7. The van der Waals surface area contributed by atoms with Crippen LogP contribution in [-0.4, -0.2) is 64.3 Å². The van der Waals surface area contributed by atoms with Crippen LogP contribution in [0.3, 0.4) is 0 Å². The molecule has 0 aliphatic rings. The summed E-state index contributed by atoms with van der Waals surface area (Å²) in [6.45, 7) is 0. The quantitative estimate of drug-likeness (QED) is 0.165. The van der Waals surface area contributed by atoms with Gasteiger partial charge >= 0.3 is 31.4 Å². The molecule has 0 aliphatic carbocycles. The van der Waals surface area contributed by atoms with Crippen molar-refractivity contribution >= 4 is 58.6 Å². The van der Waals surface area contributed by atoms with Crippen molar-refractivity contribution in [1.29, 1.82) is 0 Å². The summed E-state index contributed by atoms with van der Waals surface area (Å²) >= 11 is 7.40. The van der Waals surface area contributed by atoms with Crippen molar-refractivity contribution in [3.05, 3.63) is 106 Å². The zero-order valence-electron chi connectivity index (χ0n) is 21.1. The van der Waals surface area contributed by atoms with Gasteiger partial charge in [0.1, 0.15) is 0 Å². The van der Waals surface area contributed by atoms with Gasteiger partial charge in [0.05, 0.1) is 45.8 Å². The van der Waals surface area contributed by atoms with Gasteiger partial charge in [0, 0.05) is 35.9 Å². The van der Waals surface area contributed by atoms with E-state index in [4.69, 9.17) is 21.0 Å². The summed E-state index contributed by atoms with van der Waals surface area (Å²) in [5.41, 5.74) is 1.17. The van der Waals surface area contributed by atoms with E-state index in [1.807, 2.05) is 0 Å². The third-order valence-electron chi connectivity index (χ3n) is 4.53. The molecular formula is C26H14N6O8RuS2-2. The fraction of sp³-hybridized carbons (Fsp3) is 0. The maximum absolute atomic E-state index is 10.8. The van der Waals surface area contributed by atoms with E-state index >= 15 is 0 Å².